The van der Waals surface area contributed by atoms with Crippen LogP contribution in [0.2, 0.25) is 0 Å². The first-order valence-electron chi connectivity index (χ1n) is 5.94. The average Bonchev–Trinajstić information content (AvgIpc) is 2.70. The van der Waals surface area contributed by atoms with Crippen LogP contribution < -0.4 is 5.73 Å². The van der Waals surface area contributed by atoms with Crippen LogP contribution in [0.5, 0.6) is 0 Å². The van der Waals surface area contributed by atoms with Crippen molar-refractivity contribution in [1.82, 2.24) is 14.7 Å². The number of nitrogens with zero attached hydrogens (tertiary/aromatic N) is 3. The lowest BCUT2D eigenvalue weighted by Crippen LogP contribution is -2.26. The van der Waals surface area contributed by atoms with Gasteiger partial charge in [0.1, 0.15) is 0 Å². The molecule has 0 fully saturated rings. The van der Waals surface area contributed by atoms with Gasteiger partial charge in [0, 0.05) is 38.8 Å². The molecule has 0 radical (unpaired) electrons. The van der Waals surface area contributed by atoms with Crippen LogP contribution in [0.25, 0.3) is 0 Å². The van der Waals surface area contributed by atoms with Gasteiger partial charge in [-0.3, -0.25) is 9.48 Å². The zero-order chi connectivity index (χ0) is 12.8. The summed E-state index contributed by atoms with van der Waals surface area (Å²) >= 11 is 0. The molecule has 0 spiro atoms. The highest BCUT2D eigenvalue weighted by Gasteiger charge is 2.11. The molecule has 0 aromatic carbocycles. The van der Waals surface area contributed by atoms with Gasteiger partial charge in [-0.05, 0) is 18.9 Å². The van der Waals surface area contributed by atoms with Crippen LogP contribution in [0.3, 0.4) is 0 Å². The molecule has 1 aromatic heterocycles. The summed E-state index contributed by atoms with van der Waals surface area (Å²) < 4.78 is 1.74. The molecular weight excluding hydrogens is 216 g/mol. The molecule has 1 heterocycles. The number of rotatable bonds is 6. The molecule has 1 unspecified atom stereocenters. The summed E-state index contributed by atoms with van der Waals surface area (Å²) in [7, 11) is 3.69. The Bertz CT molecular complexity index is 361. The van der Waals surface area contributed by atoms with Crippen LogP contribution >= 0.6 is 0 Å². The summed E-state index contributed by atoms with van der Waals surface area (Å²) in [4.78, 5) is 13.6. The van der Waals surface area contributed by atoms with E-state index in [4.69, 9.17) is 5.73 Å². The Morgan fingerprint density at radius 2 is 2.35 bits per heavy atom. The van der Waals surface area contributed by atoms with Crippen molar-refractivity contribution in [3.63, 3.8) is 0 Å². The van der Waals surface area contributed by atoms with Crippen molar-refractivity contribution in [2.75, 3.05) is 13.6 Å². The Morgan fingerprint density at radius 3 is 2.88 bits per heavy atom. The van der Waals surface area contributed by atoms with Crippen LogP contribution in [0.1, 0.15) is 25.3 Å². The van der Waals surface area contributed by atoms with E-state index in [1.165, 1.54) is 0 Å². The quantitative estimate of drug-likeness (QED) is 0.795. The number of carbonyl (C=O) groups excluding carboxylic acids is 1. The fourth-order valence-electron chi connectivity index (χ4n) is 1.59. The summed E-state index contributed by atoms with van der Waals surface area (Å²) in [5, 5.41) is 4.08. The standard InChI is InChI=1S/C12H22N4O/c1-10(6-13)4-5-12(17)15(2)8-11-7-14-16(3)9-11/h7,9-10H,4-6,8,13H2,1-3H3. The van der Waals surface area contributed by atoms with Crippen molar-refractivity contribution in [2.45, 2.75) is 26.3 Å². The normalized spacial score (nSPS) is 12.5. The van der Waals surface area contributed by atoms with Gasteiger partial charge in [0.05, 0.1) is 6.20 Å². The largest absolute Gasteiger partial charge is 0.341 e. The van der Waals surface area contributed by atoms with E-state index in [0.29, 0.717) is 25.4 Å². The number of carbonyl (C=O) groups is 1. The zero-order valence-corrected chi connectivity index (χ0v) is 10.9. The highest BCUT2D eigenvalue weighted by atomic mass is 16.2. The molecule has 96 valence electrons. The minimum Gasteiger partial charge on any atom is -0.341 e. The second-order valence-corrected chi connectivity index (χ2v) is 4.65. The van der Waals surface area contributed by atoms with Crippen LogP contribution in [-0.4, -0.2) is 34.2 Å². The smallest absolute Gasteiger partial charge is 0.222 e. The SMILES string of the molecule is CC(CN)CCC(=O)N(C)Cc1cnn(C)c1. The lowest BCUT2D eigenvalue weighted by molar-refractivity contribution is -0.130. The minimum atomic E-state index is 0.161. The van der Waals surface area contributed by atoms with E-state index >= 15 is 0 Å². The van der Waals surface area contributed by atoms with Crippen LogP contribution in [-0.2, 0) is 18.4 Å². The molecule has 0 bridgehead atoms. The molecule has 0 saturated heterocycles. The first-order valence-corrected chi connectivity index (χ1v) is 5.94. The van der Waals surface area contributed by atoms with Gasteiger partial charge >= 0.3 is 0 Å². The van der Waals surface area contributed by atoms with Gasteiger partial charge in [-0.25, -0.2) is 0 Å². The van der Waals surface area contributed by atoms with Crippen LogP contribution in [0, 0.1) is 5.92 Å². The van der Waals surface area contributed by atoms with Crippen molar-refractivity contribution >= 4 is 5.91 Å². The Balaban J connectivity index is 2.36. The number of hydrogen-bond acceptors (Lipinski definition) is 3. The second kappa shape index (κ2) is 6.39. The van der Waals surface area contributed by atoms with E-state index in [-0.39, 0.29) is 5.91 Å². The number of nitrogens with two attached hydrogens (primary N) is 1. The van der Waals surface area contributed by atoms with Gasteiger partial charge < -0.3 is 10.6 Å². The monoisotopic (exact) mass is 238 g/mol. The lowest BCUT2D eigenvalue weighted by Gasteiger charge is -2.17. The maximum Gasteiger partial charge on any atom is 0.222 e. The molecule has 2 N–H and O–H groups in total. The third-order valence-electron chi connectivity index (χ3n) is 2.86. The zero-order valence-electron chi connectivity index (χ0n) is 10.9. The van der Waals surface area contributed by atoms with E-state index in [1.54, 1.807) is 15.8 Å². The fourth-order valence-corrected chi connectivity index (χ4v) is 1.59. The summed E-state index contributed by atoms with van der Waals surface area (Å²) in [6.45, 7) is 3.32. The van der Waals surface area contributed by atoms with Crippen molar-refractivity contribution in [1.29, 1.82) is 0 Å². The summed E-state index contributed by atoms with van der Waals surface area (Å²) in [5.41, 5.74) is 6.58. The first kappa shape index (κ1) is 13.7. The number of amides is 1. The van der Waals surface area contributed by atoms with Gasteiger partial charge in [0.2, 0.25) is 5.91 Å². The predicted molar refractivity (Wildman–Crippen MR) is 67.1 cm³/mol. The van der Waals surface area contributed by atoms with E-state index in [2.05, 4.69) is 12.0 Å². The van der Waals surface area contributed by atoms with Crippen molar-refractivity contribution in [3.8, 4) is 0 Å². The lowest BCUT2D eigenvalue weighted by atomic mass is 10.1. The Morgan fingerprint density at radius 1 is 1.65 bits per heavy atom. The average molecular weight is 238 g/mol. The van der Waals surface area contributed by atoms with Crippen LogP contribution in [0.4, 0.5) is 0 Å². The molecule has 5 nitrogen and oxygen atoms in total. The molecule has 17 heavy (non-hydrogen) atoms. The van der Waals surface area contributed by atoms with E-state index in [1.807, 2.05) is 20.3 Å². The van der Waals surface area contributed by atoms with E-state index in [0.717, 1.165) is 12.0 Å². The second-order valence-electron chi connectivity index (χ2n) is 4.65. The summed E-state index contributed by atoms with van der Waals surface area (Å²) in [5.74, 6) is 0.569. The van der Waals surface area contributed by atoms with Gasteiger partial charge in [0.25, 0.3) is 0 Å². The molecule has 0 aliphatic carbocycles. The molecule has 0 saturated carbocycles. The highest BCUT2D eigenvalue weighted by Crippen LogP contribution is 2.08. The topological polar surface area (TPSA) is 64.2 Å². The van der Waals surface area contributed by atoms with Crippen molar-refractivity contribution in [3.05, 3.63) is 18.0 Å². The third kappa shape index (κ3) is 4.56. The van der Waals surface area contributed by atoms with Gasteiger partial charge in [0.15, 0.2) is 0 Å². The Labute approximate surface area is 103 Å². The van der Waals surface area contributed by atoms with Gasteiger partial charge in [-0.1, -0.05) is 6.92 Å². The maximum atomic E-state index is 11.8. The van der Waals surface area contributed by atoms with Crippen molar-refractivity contribution in [2.24, 2.45) is 18.7 Å². The van der Waals surface area contributed by atoms with E-state index in [9.17, 15) is 4.79 Å². The first-order chi connectivity index (χ1) is 8.02. The molecule has 1 rings (SSSR count). The Kier molecular flexibility index (Phi) is 5.15. The molecule has 0 aliphatic heterocycles. The van der Waals surface area contributed by atoms with Crippen LogP contribution in [0.15, 0.2) is 12.4 Å². The number of aromatic nitrogens is 2. The van der Waals surface area contributed by atoms with Crippen molar-refractivity contribution < 1.29 is 4.79 Å². The molecule has 0 aliphatic rings. The molecular formula is C12H22N4O. The molecule has 5 heteroatoms. The fraction of sp³-hybridized carbons (Fsp3) is 0.667. The van der Waals surface area contributed by atoms with Gasteiger partial charge in [-0.2, -0.15) is 5.10 Å². The predicted octanol–water partition coefficient (Wildman–Crippen LogP) is 0.754. The summed E-state index contributed by atoms with van der Waals surface area (Å²) in [6.07, 6.45) is 5.13. The molecule has 1 amide bonds. The third-order valence-corrected chi connectivity index (χ3v) is 2.86. The minimum absolute atomic E-state index is 0.161. The number of aryl methyl sites for hydroxylation is 1. The molecule has 1 aromatic rings. The summed E-state index contributed by atoms with van der Waals surface area (Å²) in [6, 6.07) is 0. The molecule has 1 atom stereocenters. The highest BCUT2D eigenvalue weighted by molar-refractivity contribution is 5.75. The van der Waals surface area contributed by atoms with E-state index < -0.39 is 0 Å². The Hall–Kier alpha value is -1.36. The number of hydrogen-bond donors (Lipinski definition) is 1. The maximum absolute atomic E-state index is 11.8. The van der Waals surface area contributed by atoms with Gasteiger partial charge in [-0.15, -0.1) is 0 Å².